The maximum atomic E-state index is 6.72. The first kappa shape index (κ1) is 25.1. The molecule has 0 aliphatic heterocycles. The van der Waals surface area contributed by atoms with Gasteiger partial charge in [-0.05, 0) is 60.4 Å². The Bertz CT molecular complexity index is 1200. The summed E-state index contributed by atoms with van der Waals surface area (Å²) in [7, 11) is -1.13. The van der Waals surface area contributed by atoms with Crippen LogP contribution in [0.4, 0.5) is 0 Å². The molecule has 178 valence electrons. The topological polar surface area (TPSA) is 53.7 Å². The second kappa shape index (κ2) is 11.7. The molecule has 4 aromatic carbocycles. The standard InChI is InChI=1S/C28H26BCl2NO3/c1-19-13-15-23(17-25(19)30)33-29(34-24-16-14-20(2)26(31)18-24)35-28(22-11-7-4-8-12-22)27(32)21-9-5-3-6-10-21/h3-18,27-28H,32H2,1-2H3. The van der Waals surface area contributed by atoms with Gasteiger partial charge in [-0.3, -0.25) is 0 Å². The smallest absolute Gasteiger partial charge is 0.501 e. The fraction of sp³-hybridized carbons (Fsp3) is 0.143. The Morgan fingerprint density at radius 1 is 0.657 bits per heavy atom. The molecule has 0 amide bonds. The lowest BCUT2D eigenvalue weighted by atomic mass is 9.95. The van der Waals surface area contributed by atoms with Gasteiger partial charge in [0.05, 0.1) is 12.1 Å². The van der Waals surface area contributed by atoms with Gasteiger partial charge in [0.15, 0.2) is 0 Å². The molecule has 2 atom stereocenters. The number of hydrogen-bond acceptors (Lipinski definition) is 4. The van der Waals surface area contributed by atoms with Crippen LogP contribution in [0.2, 0.25) is 10.0 Å². The van der Waals surface area contributed by atoms with Crippen molar-refractivity contribution in [3.05, 3.63) is 129 Å². The van der Waals surface area contributed by atoms with Crippen molar-refractivity contribution in [3.8, 4) is 11.5 Å². The summed E-state index contributed by atoms with van der Waals surface area (Å²) in [6, 6.07) is 29.9. The van der Waals surface area contributed by atoms with E-state index >= 15 is 0 Å². The quantitative estimate of drug-likeness (QED) is 0.239. The van der Waals surface area contributed by atoms with Gasteiger partial charge in [-0.25, -0.2) is 0 Å². The van der Waals surface area contributed by atoms with Gasteiger partial charge in [0.1, 0.15) is 11.5 Å². The van der Waals surface area contributed by atoms with Crippen LogP contribution in [0.15, 0.2) is 97.1 Å². The number of nitrogens with two attached hydrogens (primary N) is 1. The van der Waals surface area contributed by atoms with E-state index in [1.807, 2.05) is 98.8 Å². The van der Waals surface area contributed by atoms with Crippen LogP contribution < -0.4 is 15.0 Å². The second-order valence-electron chi connectivity index (χ2n) is 8.25. The van der Waals surface area contributed by atoms with Crippen molar-refractivity contribution in [3.63, 3.8) is 0 Å². The number of halogens is 2. The molecule has 7 heteroatoms. The molecule has 0 radical (unpaired) electrons. The van der Waals surface area contributed by atoms with Crippen LogP contribution in [0.25, 0.3) is 0 Å². The normalized spacial score (nSPS) is 12.6. The molecule has 2 N–H and O–H groups in total. The van der Waals surface area contributed by atoms with Crippen molar-refractivity contribution in [1.29, 1.82) is 0 Å². The summed E-state index contributed by atoms with van der Waals surface area (Å²) in [4.78, 5) is 0. The summed E-state index contributed by atoms with van der Waals surface area (Å²) >= 11 is 12.7. The fourth-order valence-corrected chi connectivity index (χ4v) is 3.92. The van der Waals surface area contributed by atoms with Crippen LogP contribution >= 0.6 is 23.2 Å². The molecule has 4 aromatic rings. The molecule has 35 heavy (non-hydrogen) atoms. The molecule has 2 unspecified atom stereocenters. The number of aryl methyl sites for hydroxylation is 2. The molecule has 0 aliphatic rings. The maximum Gasteiger partial charge on any atom is 0.788 e. The van der Waals surface area contributed by atoms with Crippen molar-refractivity contribution in [2.75, 3.05) is 0 Å². The monoisotopic (exact) mass is 505 g/mol. The Hall–Kier alpha value is -2.96. The first-order chi connectivity index (χ1) is 16.9. The van der Waals surface area contributed by atoms with Gasteiger partial charge in [0.2, 0.25) is 0 Å². The molecule has 0 aliphatic carbocycles. The lowest BCUT2D eigenvalue weighted by Gasteiger charge is -2.28. The number of rotatable bonds is 9. The zero-order valence-electron chi connectivity index (χ0n) is 19.5. The van der Waals surface area contributed by atoms with Crippen LogP contribution in [0.3, 0.4) is 0 Å². The summed E-state index contributed by atoms with van der Waals surface area (Å²) in [5.74, 6) is 1.01. The maximum absolute atomic E-state index is 6.72. The SMILES string of the molecule is Cc1ccc(OB(Oc2ccc(C)c(Cl)c2)OC(c2ccccc2)C(N)c2ccccc2)cc1Cl. The van der Waals surface area contributed by atoms with Crippen LogP contribution in [-0.2, 0) is 4.65 Å². The summed E-state index contributed by atoms with van der Waals surface area (Å²) in [5, 5.41) is 1.17. The lowest BCUT2D eigenvalue weighted by molar-refractivity contribution is 0.109. The Labute approximate surface area is 216 Å². The first-order valence-corrected chi connectivity index (χ1v) is 12.0. The van der Waals surface area contributed by atoms with Crippen molar-refractivity contribution in [2.45, 2.75) is 26.0 Å². The minimum Gasteiger partial charge on any atom is -0.501 e. The van der Waals surface area contributed by atoms with Crippen LogP contribution in [0.5, 0.6) is 11.5 Å². The third-order valence-electron chi connectivity index (χ3n) is 5.65. The van der Waals surface area contributed by atoms with Crippen molar-refractivity contribution in [1.82, 2.24) is 0 Å². The highest BCUT2D eigenvalue weighted by Gasteiger charge is 2.35. The molecule has 0 spiro atoms. The van der Waals surface area contributed by atoms with E-state index < -0.39 is 19.5 Å². The highest BCUT2D eigenvalue weighted by molar-refractivity contribution is 6.39. The van der Waals surface area contributed by atoms with E-state index in [-0.39, 0.29) is 0 Å². The van der Waals surface area contributed by atoms with Gasteiger partial charge in [0, 0.05) is 10.0 Å². The fourth-order valence-electron chi connectivity index (χ4n) is 3.58. The Morgan fingerprint density at radius 3 is 1.57 bits per heavy atom. The molecule has 0 heterocycles. The molecule has 0 bridgehead atoms. The van der Waals surface area contributed by atoms with E-state index in [9.17, 15) is 0 Å². The molecule has 4 nitrogen and oxygen atoms in total. The zero-order valence-corrected chi connectivity index (χ0v) is 21.0. The molecule has 0 saturated carbocycles. The van der Waals surface area contributed by atoms with Gasteiger partial charge >= 0.3 is 7.32 Å². The number of benzene rings is 4. The molecule has 0 saturated heterocycles. The summed E-state index contributed by atoms with van der Waals surface area (Å²) in [6.45, 7) is 3.85. The average Bonchev–Trinajstić information content (AvgIpc) is 2.87. The van der Waals surface area contributed by atoms with E-state index in [0.717, 1.165) is 22.3 Å². The summed E-state index contributed by atoms with van der Waals surface area (Å²) in [5.41, 5.74) is 10.4. The minimum absolute atomic E-state index is 0.475. The van der Waals surface area contributed by atoms with E-state index in [0.29, 0.717) is 21.5 Å². The van der Waals surface area contributed by atoms with E-state index in [4.69, 9.17) is 42.9 Å². The Balaban J connectivity index is 1.68. The highest BCUT2D eigenvalue weighted by atomic mass is 35.5. The minimum atomic E-state index is -1.13. The second-order valence-corrected chi connectivity index (χ2v) is 9.06. The Morgan fingerprint density at radius 2 is 1.11 bits per heavy atom. The molecular weight excluding hydrogens is 480 g/mol. The summed E-state index contributed by atoms with van der Waals surface area (Å²) < 4.78 is 18.7. The van der Waals surface area contributed by atoms with Gasteiger partial charge in [-0.15, -0.1) is 0 Å². The van der Waals surface area contributed by atoms with Gasteiger partial charge < -0.3 is 19.7 Å². The van der Waals surface area contributed by atoms with Gasteiger partial charge in [-0.2, -0.15) is 0 Å². The van der Waals surface area contributed by atoms with Crippen molar-refractivity contribution >= 4 is 30.5 Å². The third kappa shape index (κ3) is 6.59. The van der Waals surface area contributed by atoms with E-state index in [1.165, 1.54) is 0 Å². The van der Waals surface area contributed by atoms with Gasteiger partial charge in [-0.1, -0.05) is 96.0 Å². The van der Waals surface area contributed by atoms with Crippen molar-refractivity contribution < 1.29 is 14.0 Å². The third-order valence-corrected chi connectivity index (χ3v) is 6.46. The molecule has 0 aromatic heterocycles. The molecular formula is C28H26BCl2NO3. The molecule has 0 fully saturated rings. The van der Waals surface area contributed by atoms with Crippen molar-refractivity contribution in [2.24, 2.45) is 5.73 Å². The van der Waals surface area contributed by atoms with Crippen LogP contribution in [0.1, 0.15) is 34.4 Å². The largest absolute Gasteiger partial charge is 0.788 e. The van der Waals surface area contributed by atoms with E-state index in [2.05, 4.69) is 0 Å². The predicted molar refractivity (Wildman–Crippen MR) is 143 cm³/mol. The zero-order chi connectivity index (χ0) is 24.8. The average molecular weight is 506 g/mol. The van der Waals surface area contributed by atoms with Gasteiger partial charge in [0.25, 0.3) is 0 Å². The Kier molecular flexibility index (Phi) is 8.37. The van der Waals surface area contributed by atoms with Crippen LogP contribution in [-0.4, -0.2) is 7.32 Å². The first-order valence-electron chi connectivity index (χ1n) is 11.3. The van der Waals surface area contributed by atoms with E-state index in [1.54, 1.807) is 12.1 Å². The predicted octanol–water partition coefficient (Wildman–Crippen LogP) is 7.51. The number of hydrogen-bond donors (Lipinski definition) is 1. The highest BCUT2D eigenvalue weighted by Crippen LogP contribution is 2.33. The lowest BCUT2D eigenvalue weighted by Crippen LogP contribution is -2.38. The van der Waals surface area contributed by atoms with Crippen LogP contribution in [0, 0.1) is 13.8 Å². The summed E-state index contributed by atoms with van der Waals surface area (Å²) in [6.07, 6.45) is -0.564. The molecule has 4 rings (SSSR count).